The molecule has 1 unspecified atom stereocenters. The maximum atomic E-state index is 13.3. The molecule has 2 aromatic carbocycles. The third-order valence-electron chi connectivity index (χ3n) is 12.2. The molecule has 3 saturated heterocycles. The van der Waals surface area contributed by atoms with Crippen LogP contribution in [0.3, 0.4) is 0 Å². The fourth-order valence-electron chi connectivity index (χ4n) is 8.83. The molecule has 296 valence electrons. The average Bonchev–Trinajstić information content (AvgIpc) is 3.48. The molecule has 1 aliphatic carbocycles. The lowest BCUT2D eigenvalue weighted by Crippen LogP contribution is -2.54. The van der Waals surface area contributed by atoms with Crippen LogP contribution in [0, 0.1) is 17.2 Å². The summed E-state index contributed by atoms with van der Waals surface area (Å²) in [7, 11) is 0. The van der Waals surface area contributed by atoms with E-state index in [2.05, 4.69) is 41.4 Å². The normalized spacial score (nSPS) is 22.7. The summed E-state index contributed by atoms with van der Waals surface area (Å²) in [4.78, 5) is 80.5. The van der Waals surface area contributed by atoms with Gasteiger partial charge < -0.3 is 19.9 Å². The minimum atomic E-state index is -0.975. The number of hydrogen-bond acceptors (Lipinski definition) is 12. The highest BCUT2D eigenvalue weighted by Gasteiger charge is 2.45. The van der Waals surface area contributed by atoms with E-state index in [0.717, 1.165) is 80.4 Å². The molecule has 0 spiro atoms. The van der Waals surface area contributed by atoms with E-state index in [1.165, 1.54) is 0 Å². The lowest BCUT2D eigenvalue weighted by atomic mass is 9.89. The highest BCUT2D eigenvalue weighted by Crippen LogP contribution is 2.34. The number of amides is 5. The second kappa shape index (κ2) is 15.5. The summed E-state index contributed by atoms with van der Waals surface area (Å²) in [6, 6.07) is 17.6. The zero-order chi connectivity index (χ0) is 39.9. The molecule has 4 aliphatic heterocycles. The summed E-state index contributed by atoms with van der Waals surface area (Å²) >= 11 is 0. The minimum absolute atomic E-state index is 0.0125. The van der Waals surface area contributed by atoms with Gasteiger partial charge in [0.25, 0.3) is 17.7 Å². The third kappa shape index (κ3) is 7.20. The molecule has 9 rings (SSSR count). The second-order valence-electron chi connectivity index (χ2n) is 15.8. The molecule has 4 aromatic rings. The van der Waals surface area contributed by atoms with Crippen molar-refractivity contribution in [1.29, 1.82) is 5.26 Å². The van der Waals surface area contributed by atoms with Gasteiger partial charge in [0.1, 0.15) is 29.8 Å². The molecule has 1 saturated carbocycles. The number of piperidine rings is 2. The summed E-state index contributed by atoms with van der Waals surface area (Å²) in [6.07, 6.45) is 7.00. The van der Waals surface area contributed by atoms with E-state index in [-0.39, 0.29) is 30.9 Å². The average molecular weight is 782 g/mol. The molecule has 5 aliphatic rings. The Morgan fingerprint density at radius 3 is 2.41 bits per heavy atom. The first-order chi connectivity index (χ1) is 28.2. The van der Waals surface area contributed by atoms with E-state index in [1.807, 2.05) is 36.4 Å². The highest BCUT2D eigenvalue weighted by atomic mass is 16.5. The number of benzene rings is 2. The first-order valence-corrected chi connectivity index (χ1v) is 20.0. The fourth-order valence-corrected chi connectivity index (χ4v) is 8.83. The van der Waals surface area contributed by atoms with Crippen molar-refractivity contribution >= 4 is 51.9 Å². The molecule has 5 amide bonds. The Hall–Kier alpha value is -6.40. The van der Waals surface area contributed by atoms with E-state index in [4.69, 9.17) is 4.74 Å². The summed E-state index contributed by atoms with van der Waals surface area (Å²) in [5.74, 6) is -0.000291. The molecule has 2 N–H and O–H groups in total. The van der Waals surface area contributed by atoms with Crippen molar-refractivity contribution in [2.75, 3.05) is 55.6 Å². The van der Waals surface area contributed by atoms with Crippen LogP contribution in [-0.4, -0.2) is 113 Å². The van der Waals surface area contributed by atoms with Crippen molar-refractivity contribution in [3.05, 3.63) is 89.2 Å². The monoisotopic (exact) mass is 781 g/mol. The van der Waals surface area contributed by atoms with Crippen LogP contribution in [0.4, 0.5) is 11.5 Å². The number of carbonyl (C=O) groups excluding carboxylic acids is 5. The van der Waals surface area contributed by atoms with Gasteiger partial charge in [0.05, 0.1) is 27.8 Å². The SMILES string of the molecule is N#Cc1ccc(O[C@H]2C[C@@H](NC(=O)c3ccc(N4CCC(CN5CCN(c6ccc7c(c6)C(=O)N(C6CCC(=O)NC6=O)C7=O)CC5)CC4)nc3)C2)c2cccnc12. The number of nitrogens with one attached hydrogen (secondary N) is 2. The number of nitrogens with zero attached hydrogens (tertiary/aromatic N) is 7. The van der Waals surface area contributed by atoms with Gasteiger partial charge in [-0.15, -0.1) is 0 Å². The van der Waals surface area contributed by atoms with Crippen LogP contribution in [0.2, 0.25) is 0 Å². The highest BCUT2D eigenvalue weighted by molar-refractivity contribution is 6.23. The first kappa shape index (κ1) is 37.2. The van der Waals surface area contributed by atoms with Gasteiger partial charge >= 0.3 is 0 Å². The molecule has 2 aromatic heterocycles. The number of ether oxygens (including phenoxy) is 1. The van der Waals surface area contributed by atoms with Crippen molar-refractivity contribution in [1.82, 2.24) is 30.4 Å². The van der Waals surface area contributed by atoms with E-state index < -0.39 is 29.7 Å². The van der Waals surface area contributed by atoms with E-state index in [9.17, 15) is 29.2 Å². The smallest absolute Gasteiger partial charge is 0.262 e. The summed E-state index contributed by atoms with van der Waals surface area (Å²) in [5.41, 5.74) is 3.13. The number of carbonyl (C=O) groups is 5. The summed E-state index contributed by atoms with van der Waals surface area (Å²) in [6.45, 7) is 6.17. The number of nitriles is 1. The molecule has 0 radical (unpaired) electrons. The maximum Gasteiger partial charge on any atom is 0.262 e. The Morgan fingerprint density at radius 1 is 0.879 bits per heavy atom. The molecule has 15 nitrogen and oxygen atoms in total. The van der Waals surface area contributed by atoms with E-state index >= 15 is 0 Å². The zero-order valence-corrected chi connectivity index (χ0v) is 31.9. The van der Waals surface area contributed by atoms with E-state index in [0.29, 0.717) is 52.3 Å². The topological polar surface area (TPSA) is 181 Å². The predicted molar refractivity (Wildman–Crippen MR) is 212 cm³/mol. The molecule has 6 heterocycles. The van der Waals surface area contributed by atoms with E-state index in [1.54, 1.807) is 30.6 Å². The van der Waals surface area contributed by atoms with Gasteiger partial charge in [-0.2, -0.15) is 5.26 Å². The quantitative estimate of drug-likeness (QED) is 0.237. The van der Waals surface area contributed by atoms with Gasteiger partial charge in [-0.3, -0.25) is 44.1 Å². The van der Waals surface area contributed by atoms with Crippen molar-refractivity contribution in [2.45, 2.75) is 56.7 Å². The summed E-state index contributed by atoms with van der Waals surface area (Å²) in [5, 5.41) is 15.6. The molecular formula is C43H43N9O6. The minimum Gasteiger partial charge on any atom is -0.490 e. The Balaban J connectivity index is 0.705. The van der Waals surface area contributed by atoms with Crippen LogP contribution >= 0.6 is 0 Å². The van der Waals surface area contributed by atoms with Gasteiger partial charge in [-0.1, -0.05) is 0 Å². The number of anilines is 2. The van der Waals surface area contributed by atoms with Crippen molar-refractivity contribution in [2.24, 2.45) is 5.92 Å². The number of pyridine rings is 2. The Labute approximate surface area is 334 Å². The number of imide groups is 2. The van der Waals surface area contributed by atoms with Gasteiger partial charge in [-0.05, 0) is 79.8 Å². The van der Waals surface area contributed by atoms with Gasteiger partial charge in [0.15, 0.2) is 0 Å². The Bertz CT molecular complexity index is 2340. The van der Waals surface area contributed by atoms with Crippen molar-refractivity contribution < 1.29 is 28.7 Å². The number of piperazine rings is 1. The van der Waals surface area contributed by atoms with Crippen LogP contribution in [0.1, 0.15) is 75.2 Å². The zero-order valence-electron chi connectivity index (χ0n) is 31.9. The summed E-state index contributed by atoms with van der Waals surface area (Å²) < 4.78 is 6.22. The molecular weight excluding hydrogens is 739 g/mol. The van der Waals surface area contributed by atoms with Crippen molar-refractivity contribution in [3.63, 3.8) is 0 Å². The lowest BCUT2D eigenvalue weighted by Gasteiger charge is -2.40. The van der Waals surface area contributed by atoms with Crippen molar-refractivity contribution in [3.8, 4) is 11.8 Å². The predicted octanol–water partition coefficient (Wildman–Crippen LogP) is 3.28. The van der Waals surface area contributed by atoms with Crippen LogP contribution in [0.25, 0.3) is 10.9 Å². The molecule has 0 bridgehead atoms. The first-order valence-electron chi connectivity index (χ1n) is 20.0. The molecule has 4 fully saturated rings. The lowest BCUT2D eigenvalue weighted by molar-refractivity contribution is -0.136. The van der Waals surface area contributed by atoms with Crippen LogP contribution in [0.15, 0.2) is 67.0 Å². The fraction of sp³-hybridized carbons (Fsp3) is 0.395. The Kier molecular flexibility index (Phi) is 9.94. The molecule has 58 heavy (non-hydrogen) atoms. The van der Waals surface area contributed by atoms with Gasteiger partial charge in [0.2, 0.25) is 11.8 Å². The number of rotatable bonds is 9. The largest absolute Gasteiger partial charge is 0.490 e. The van der Waals surface area contributed by atoms with Gasteiger partial charge in [-0.25, -0.2) is 4.98 Å². The molecule has 1 atom stereocenters. The standard InChI is InChI=1S/C43H43N9O6/c44-23-27-3-8-36(33-2-1-13-45-39(27)33)58-31-20-29(21-31)47-40(54)28-4-9-37(46-24-28)51-14-11-26(12-15-51)25-49-16-18-50(19-17-49)30-5-6-32-34(22-30)43(57)52(42(32)56)35-7-10-38(53)48-41(35)55/h1-6,8-9,13,22,24,26,29,31,35H,7,10-12,14-21,25H2,(H,47,54)(H,48,53,55)/t29-,31+,35?. The van der Waals surface area contributed by atoms with Crippen LogP contribution < -0.4 is 25.2 Å². The third-order valence-corrected chi connectivity index (χ3v) is 12.2. The van der Waals surface area contributed by atoms with Crippen LogP contribution in [0.5, 0.6) is 5.75 Å². The van der Waals surface area contributed by atoms with Crippen LogP contribution in [-0.2, 0) is 9.59 Å². The maximum absolute atomic E-state index is 13.3. The second-order valence-corrected chi connectivity index (χ2v) is 15.8. The number of aromatic nitrogens is 2. The van der Waals surface area contributed by atoms with Gasteiger partial charge in [0, 0.05) is 94.6 Å². The number of fused-ring (bicyclic) bond motifs is 2. The Morgan fingerprint density at radius 2 is 1.67 bits per heavy atom. The molecule has 15 heteroatoms. The number of hydrogen-bond donors (Lipinski definition) is 2.